The van der Waals surface area contributed by atoms with Gasteiger partial charge in [-0.1, -0.05) is 11.6 Å². The number of nitro groups is 1. The number of benzene rings is 2. The topological polar surface area (TPSA) is 98.3 Å². The molecule has 0 saturated carbocycles. The summed E-state index contributed by atoms with van der Waals surface area (Å²) in [5.41, 5.74) is 1.09. The van der Waals surface area contributed by atoms with Gasteiger partial charge in [0.1, 0.15) is 6.26 Å². The number of carbonyl (C=O) groups excluding carboxylic acids is 1. The largest absolute Gasteiger partial charge is 0.445 e. The lowest BCUT2D eigenvalue weighted by Crippen LogP contribution is -2.12. The number of nitro benzene ring substituents is 1. The van der Waals surface area contributed by atoms with Crippen LogP contribution in [-0.2, 0) is 0 Å². The molecule has 0 saturated heterocycles. The van der Waals surface area contributed by atoms with Gasteiger partial charge < -0.3 is 9.73 Å². The molecule has 7 nitrogen and oxygen atoms in total. The molecule has 0 fully saturated rings. The van der Waals surface area contributed by atoms with Gasteiger partial charge >= 0.3 is 0 Å². The fourth-order valence-corrected chi connectivity index (χ4v) is 2.26. The minimum Gasteiger partial charge on any atom is -0.445 e. The average molecular weight is 344 g/mol. The second-order valence-corrected chi connectivity index (χ2v) is 5.20. The van der Waals surface area contributed by atoms with Crippen molar-refractivity contribution in [3.8, 4) is 11.5 Å². The number of hydrogen-bond donors (Lipinski definition) is 1. The number of amides is 1. The van der Waals surface area contributed by atoms with E-state index in [1.165, 1.54) is 24.6 Å². The Balaban J connectivity index is 1.80. The van der Waals surface area contributed by atoms with Crippen molar-refractivity contribution in [1.29, 1.82) is 0 Å². The summed E-state index contributed by atoms with van der Waals surface area (Å²) in [5.74, 6) is -0.0674. The Bertz CT molecular complexity index is 892. The highest BCUT2D eigenvalue weighted by molar-refractivity contribution is 6.34. The molecule has 120 valence electrons. The number of halogens is 1. The molecule has 0 bridgehead atoms. The Hall–Kier alpha value is -3.19. The van der Waals surface area contributed by atoms with E-state index in [1.807, 2.05) is 0 Å². The third kappa shape index (κ3) is 3.26. The van der Waals surface area contributed by atoms with Crippen molar-refractivity contribution >= 4 is 28.9 Å². The second-order valence-electron chi connectivity index (χ2n) is 4.79. The lowest BCUT2D eigenvalue weighted by molar-refractivity contribution is -0.384. The van der Waals surface area contributed by atoms with Crippen molar-refractivity contribution in [3.05, 3.63) is 75.6 Å². The highest BCUT2D eigenvalue weighted by Crippen LogP contribution is 2.24. The molecule has 0 aliphatic rings. The van der Waals surface area contributed by atoms with Crippen molar-refractivity contribution in [2.45, 2.75) is 0 Å². The molecular formula is C16H10ClN3O4. The van der Waals surface area contributed by atoms with Crippen LogP contribution < -0.4 is 5.32 Å². The third-order valence-corrected chi connectivity index (χ3v) is 3.56. The fourth-order valence-electron chi connectivity index (χ4n) is 2.06. The van der Waals surface area contributed by atoms with E-state index in [0.29, 0.717) is 11.6 Å². The predicted octanol–water partition coefficient (Wildman–Crippen LogP) is 4.16. The molecular weight excluding hydrogens is 334 g/mol. The maximum Gasteiger partial charge on any atom is 0.270 e. The number of nitrogens with one attached hydrogen (secondary N) is 1. The van der Waals surface area contributed by atoms with Gasteiger partial charge in [0, 0.05) is 23.4 Å². The smallest absolute Gasteiger partial charge is 0.270 e. The quantitative estimate of drug-likeness (QED) is 0.566. The molecule has 24 heavy (non-hydrogen) atoms. The van der Waals surface area contributed by atoms with E-state index in [9.17, 15) is 14.9 Å². The van der Waals surface area contributed by atoms with Gasteiger partial charge in [-0.3, -0.25) is 14.9 Å². The first kappa shape index (κ1) is 15.7. The normalized spacial score (nSPS) is 10.4. The number of hydrogen-bond acceptors (Lipinski definition) is 5. The van der Waals surface area contributed by atoms with Crippen LogP contribution in [0.5, 0.6) is 0 Å². The summed E-state index contributed by atoms with van der Waals surface area (Å²) in [6.45, 7) is 0. The number of nitrogens with zero attached hydrogens (tertiary/aromatic N) is 2. The summed E-state index contributed by atoms with van der Waals surface area (Å²) in [4.78, 5) is 26.5. The third-order valence-electron chi connectivity index (χ3n) is 3.23. The van der Waals surface area contributed by atoms with Crippen LogP contribution in [0.1, 0.15) is 10.4 Å². The Morgan fingerprint density at radius 2 is 1.96 bits per heavy atom. The van der Waals surface area contributed by atoms with Crippen molar-refractivity contribution in [3.63, 3.8) is 0 Å². The lowest BCUT2D eigenvalue weighted by atomic mass is 10.1. The molecule has 0 atom stereocenters. The van der Waals surface area contributed by atoms with Gasteiger partial charge in [0.2, 0.25) is 5.89 Å². The molecule has 3 aromatic rings. The zero-order valence-electron chi connectivity index (χ0n) is 12.1. The molecule has 0 radical (unpaired) electrons. The summed E-state index contributed by atoms with van der Waals surface area (Å²) in [7, 11) is 0. The summed E-state index contributed by atoms with van der Waals surface area (Å²) in [5, 5.41) is 13.6. The Kier molecular flexibility index (Phi) is 4.26. The summed E-state index contributed by atoms with van der Waals surface area (Å²) < 4.78 is 5.18. The monoisotopic (exact) mass is 343 g/mol. The van der Waals surface area contributed by atoms with Crippen LogP contribution in [0.4, 0.5) is 11.4 Å². The minimum atomic E-state index is -0.585. The number of rotatable bonds is 4. The fraction of sp³-hybridized carbons (Fsp3) is 0. The maximum atomic E-state index is 12.3. The number of anilines is 1. The molecule has 8 heteroatoms. The van der Waals surface area contributed by atoms with Gasteiger partial charge in [-0.15, -0.1) is 0 Å². The molecule has 1 heterocycles. The molecule has 3 rings (SSSR count). The van der Waals surface area contributed by atoms with Gasteiger partial charge in [0.05, 0.1) is 21.7 Å². The van der Waals surface area contributed by atoms with Crippen LogP contribution in [0.25, 0.3) is 11.5 Å². The molecule has 1 amide bonds. The molecule has 1 aromatic heterocycles. The first-order valence-corrected chi connectivity index (χ1v) is 7.17. The van der Waals surface area contributed by atoms with Crippen LogP contribution in [0.15, 0.2) is 59.3 Å². The molecule has 0 aliphatic carbocycles. The average Bonchev–Trinajstić information content (AvgIpc) is 3.10. The van der Waals surface area contributed by atoms with Crippen LogP contribution in [0.3, 0.4) is 0 Å². The van der Waals surface area contributed by atoms with Crippen LogP contribution in [0.2, 0.25) is 5.02 Å². The zero-order chi connectivity index (χ0) is 17.1. The van der Waals surface area contributed by atoms with Crippen LogP contribution in [-0.4, -0.2) is 15.8 Å². The first-order valence-electron chi connectivity index (χ1n) is 6.80. The molecule has 2 aromatic carbocycles. The van der Waals surface area contributed by atoms with Crippen molar-refractivity contribution in [2.24, 2.45) is 0 Å². The first-order chi connectivity index (χ1) is 11.5. The van der Waals surface area contributed by atoms with Crippen molar-refractivity contribution in [1.82, 2.24) is 4.98 Å². The van der Waals surface area contributed by atoms with Gasteiger partial charge in [-0.2, -0.15) is 0 Å². The zero-order valence-corrected chi connectivity index (χ0v) is 12.9. The molecule has 0 aliphatic heterocycles. The van der Waals surface area contributed by atoms with Gasteiger partial charge in [0.15, 0.2) is 0 Å². The predicted molar refractivity (Wildman–Crippen MR) is 88.0 cm³/mol. The van der Waals surface area contributed by atoms with E-state index in [1.54, 1.807) is 24.3 Å². The van der Waals surface area contributed by atoms with Gasteiger partial charge in [-0.25, -0.2) is 4.98 Å². The molecule has 0 unspecified atom stereocenters. The SMILES string of the molecule is O=C(Nc1ccc(-c2ncco2)cc1)c1cc([N+](=O)[O-])ccc1Cl. The highest BCUT2D eigenvalue weighted by Gasteiger charge is 2.16. The van der Waals surface area contributed by atoms with E-state index >= 15 is 0 Å². The van der Waals surface area contributed by atoms with E-state index < -0.39 is 10.8 Å². The summed E-state index contributed by atoms with van der Waals surface area (Å²) in [6, 6.07) is 10.5. The maximum absolute atomic E-state index is 12.3. The van der Waals surface area contributed by atoms with Gasteiger partial charge in [0.25, 0.3) is 11.6 Å². The number of carbonyl (C=O) groups is 1. The van der Waals surface area contributed by atoms with E-state index in [2.05, 4.69) is 10.3 Å². The highest BCUT2D eigenvalue weighted by atomic mass is 35.5. The van der Waals surface area contributed by atoms with Gasteiger partial charge in [-0.05, 0) is 30.3 Å². The minimum absolute atomic E-state index is 0.0302. The second kappa shape index (κ2) is 6.51. The van der Waals surface area contributed by atoms with Crippen molar-refractivity contribution in [2.75, 3.05) is 5.32 Å². The van der Waals surface area contributed by atoms with E-state index in [-0.39, 0.29) is 16.3 Å². The summed E-state index contributed by atoms with van der Waals surface area (Å²) in [6.07, 6.45) is 3.00. The van der Waals surface area contributed by atoms with Crippen LogP contribution in [0, 0.1) is 10.1 Å². The Labute approximate surface area is 141 Å². The summed E-state index contributed by atoms with van der Waals surface area (Å²) >= 11 is 5.95. The molecule has 0 spiro atoms. The van der Waals surface area contributed by atoms with Crippen molar-refractivity contribution < 1.29 is 14.1 Å². The Morgan fingerprint density at radius 1 is 1.21 bits per heavy atom. The number of oxazole rings is 1. The van der Waals surface area contributed by atoms with Crippen LogP contribution >= 0.6 is 11.6 Å². The number of aromatic nitrogens is 1. The van der Waals surface area contributed by atoms with E-state index in [4.69, 9.17) is 16.0 Å². The molecule has 1 N–H and O–H groups in total. The Morgan fingerprint density at radius 3 is 2.58 bits per heavy atom. The number of non-ortho nitro benzene ring substituents is 1. The van der Waals surface area contributed by atoms with E-state index in [0.717, 1.165) is 11.6 Å². The standard InChI is InChI=1S/C16H10ClN3O4/c17-14-6-5-12(20(22)23)9-13(14)15(21)19-11-3-1-10(2-4-11)16-18-7-8-24-16/h1-9H,(H,19,21). The lowest BCUT2D eigenvalue weighted by Gasteiger charge is -2.07.